The average Bonchev–Trinajstić information content (AvgIpc) is 2.10. The summed E-state index contributed by atoms with van der Waals surface area (Å²) in [6, 6.07) is 0. The largest absolute Gasteiger partial charge is 0.396 e. The molecule has 0 aromatic heterocycles. The van der Waals surface area contributed by atoms with Crippen molar-refractivity contribution in [2.45, 2.75) is 38.5 Å². The van der Waals surface area contributed by atoms with Gasteiger partial charge in [0, 0.05) is 11.9 Å². The Labute approximate surface area is 84.0 Å². The van der Waals surface area contributed by atoms with E-state index in [1.165, 1.54) is 32.1 Å². The Hall–Kier alpha value is 0.180. The van der Waals surface area contributed by atoms with Crippen molar-refractivity contribution in [2.75, 3.05) is 11.9 Å². The van der Waals surface area contributed by atoms with E-state index in [9.17, 15) is 0 Å². The van der Waals surface area contributed by atoms with Crippen molar-refractivity contribution in [1.29, 1.82) is 0 Å². The molecule has 1 N–H and O–H groups in total. The highest BCUT2D eigenvalue weighted by Gasteiger charge is 1.86. The Morgan fingerprint density at radius 2 is 1.58 bits per heavy atom. The molecule has 0 unspecified atom stereocenters. The monoisotopic (exact) mass is 234 g/mol. The van der Waals surface area contributed by atoms with Gasteiger partial charge in [-0.25, -0.2) is 0 Å². The summed E-state index contributed by atoms with van der Waals surface area (Å²) in [4.78, 5) is 0. The summed E-state index contributed by atoms with van der Waals surface area (Å²) in [6.45, 7) is 0.278. The lowest BCUT2D eigenvalue weighted by Crippen LogP contribution is -1.78. The molecular weight excluding hydrogens is 216 g/mol. The number of alkyl halides is 1. The first-order chi connectivity index (χ1) is 5.91. The summed E-state index contributed by atoms with van der Waals surface area (Å²) in [6.07, 6.45) is 11.4. The first-order valence-electron chi connectivity index (χ1n) is 4.73. The fraction of sp³-hybridized carbons (Fsp3) is 0.800. The molecule has 0 aliphatic heterocycles. The zero-order chi connectivity index (χ0) is 9.07. The molecule has 1 nitrogen and oxygen atoms in total. The van der Waals surface area contributed by atoms with Crippen molar-refractivity contribution in [3.63, 3.8) is 0 Å². The Balaban J connectivity index is 2.90. The number of allylic oxidation sites excluding steroid dienone is 1. The third-order valence-corrected chi connectivity index (χ3v) is 2.28. The van der Waals surface area contributed by atoms with Gasteiger partial charge in [0.15, 0.2) is 0 Å². The molecule has 0 aliphatic rings. The molecule has 2 heteroatoms. The van der Waals surface area contributed by atoms with E-state index < -0.39 is 0 Å². The molecular formula is C10H19BrO. The molecule has 72 valence electrons. The van der Waals surface area contributed by atoms with Crippen LogP contribution in [-0.2, 0) is 0 Å². The Bertz CT molecular complexity index is 102. The number of unbranched alkanes of at least 4 members (excludes halogenated alkanes) is 4. The first-order valence-corrected chi connectivity index (χ1v) is 5.85. The highest BCUT2D eigenvalue weighted by Crippen LogP contribution is 2.05. The predicted molar refractivity (Wildman–Crippen MR) is 57.7 cm³/mol. The third-order valence-electron chi connectivity index (χ3n) is 1.72. The maximum Gasteiger partial charge on any atom is 0.0465 e. The first kappa shape index (κ1) is 12.2. The molecule has 0 spiro atoms. The van der Waals surface area contributed by atoms with E-state index in [-0.39, 0.29) is 6.61 Å². The van der Waals surface area contributed by atoms with Crippen molar-refractivity contribution >= 4 is 15.9 Å². The molecule has 12 heavy (non-hydrogen) atoms. The van der Waals surface area contributed by atoms with Crippen molar-refractivity contribution in [1.82, 2.24) is 0 Å². The summed E-state index contributed by atoms with van der Waals surface area (Å²) in [5.74, 6) is 0. The van der Waals surface area contributed by atoms with Crippen LogP contribution < -0.4 is 0 Å². The molecule has 0 radical (unpaired) electrons. The lowest BCUT2D eigenvalue weighted by atomic mass is 10.1. The van der Waals surface area contributed by atoms with Crippen LogP contribution in [0, 0.1) is 0 Å². The molecule has 0 aromatic rings. The van der Waals surface area contributed by atoms with Crippen LogP contribution in [0.3, 0.4) is 0 Å². The molecule has 0 aromatic carbocycles. The normalized spacial score (nSPS) is 11.2. The standard InChI is InChI=1S/C10H19BrO/c11-9-7-5-3-1-2-4-6-8-10-12/h4,6,12H,1-3,5,7-10H2/b6-4+. The van der Waals surface area contributed by atoms with E-state index in [1.54, 1.807) is 0 Å². The fourth-order valence-corrected chi connectivity index (χ4v) is 1.42. The number of hydrogen-bond donors (Lipinski definition) is 1. The minimum atomic E-state index is 0.278. The second-order valence-corrected chi connectivity index (χ2v) is 3.67. The van der Waals surface area contributed by atoms with E-state index >= 15 is 0 Å². The van der Waals surface area contributed by atoms with Crippen LogP contribution in [0.5, 0.6) is 0 Å². The van der Waals surface area contributed by atoms with E-state index in [0.717, 1.165) is 11.8 Å². The van der Waals surface area contributed by atoms with Crippen molar-refractivity contribution in [2.24, 2.45) is 0 Å². The molecule has 0 aliphatic carbocycles. The minimum absolute atomic E-state index is 0.278. The molecule has 0 bridgehead atoms. The lowest BCUT2D eigenvalue weighted by Gasteiger charge is -1.95. The van der Waals surface area contributed by atoms with Gasteiger partial charge in [0.25, 0.3) is 0 Å². The van der Waals surface area contributed by atoms with Crippen molar-refractivity contribution in [3.8, 4) is 0 Å². The van der Waals surface area contributed by atoms with E-state index in [2.05, 4.69) is 28.1 Å². The summed E-state index contributed by atoms with van der Waals surface area (Å²) in [5.41, 5.74) is 0. The molecule has 0 saturated heterocycles. The van der Waals surface area contributed by atoms with Crippen LogP contribution in [-0.4, -0.2) is 17.0 Å². The topological polar surface area (TPSA) is 20.2 Å². The smallest absolute Gasteiger partial charge is 0.0465 e. The SMILES string of the molecule is OCC/C=C/CCCCCCBr. The number of aliphatic hydroxyl groups excluding tert-OH is 1. The number of rotatable bonds is 8. The van der Waals surface area contributed by atoms with Gasteiger partial charge in [-0.05, 0) is 25.7 Å². The van der Waals surface area contributed by atoms with E-state index in [1.807, 2.05) is 0 Å². The fourth-order valence-electron chi connectivity index (χ4n) is 1.02. The zero-order valence-corrected chi connectivity index (χ0v) is 9.22. The summed E-state index contributed by atoms with van der Waals surface area (Å²) < 4.78 is 0. The van der Waals surface area contributed by atoms with Crippen LogP contribution in [0.25, 0.3) is 0 Å². The van der Waals surface area contributed by atoms with Crippen LogP contribution in [0.2, 0.25) is 0 Å². The van der Waals surface area contributed by atoms with Gasteiger partial charge in [-0.3, -0.25) is 0 Å². The minimum Gasteiger partial charge on any atom is -0.396 e. The maximum absolute atomic E-state index is 8.48. The lowest BCUT2D eigenvalue weighted by molar-refractivity contribution is 0.302. The van der Waals surface area contributed by atoms with Gasteiger partial charge >= 0.3 is 0 Å². The van der Waals surface area contributed by atoms with E-state index in [4.69, 9.17) is 5.11 Å². The van der Waals surface area contributed by atoms with Gasteiger partial charge in [-0.1, -0.05) is 40.9 Å². The molecule has 0 fully saturated rings. The highest BCUT2D eigenvalue weighted by atomic mass is 79.9. The number of hydrogen-bond acceptors (Lipinski definition) is 1. The van der Waals surface area contributed by atoms with Crippen molar-refractivity contribution < 1.29 is 5.11 Å². The molecule has 0 amide bonds. The third kappa shape index (κ3) is 10.2. The van der Waals surface area contributed by atoms with Crippen molar-refractivity contribution in [3.05, 3.63) is 12.2 Å². The van der Waals surface area contributed by atoms with Crippen LogP contribution in [0.1, 0.15) is 38.5 Å². The number of aliphatic hydroxyl groups is 1. The van der Waals surface area contributed by atoms with Crippen LogP contribution in [0.4, 0.5) is 0 Å². The van der Waals surface area contributed by atoms with Gasteiger partial charge in [0.2, 0.25) is 0 Å². The second-order valence-electron chi connectivity index (χ2n) is 2.88. The maximum atomic E-state index is 8.48. The molecule has 0 heterocycles. The van der Waals surface area contributed by atoms with Crippen LogP contribution >= 0.6 is 15.9 Å². The summed E-state index contributed by atoms with van der Waals surface area (Å²) >= 11 is 3.41. The van der Waals surface area contributed by atoms with Crippen LogP contribution in [0.15, 0.2) is 12.2 Å². The molecule has 0 rings (SSSR count). The average molecular weight is 235 g/mol. The Morgan fingerprint density at radius 3 is 2.25 bits per heavy atom. The van der Waals surface area contributed by atoms with Gasteiger partial charge < -0.3 is 5.11 Å². The summed E-state index contributed by atoms with van der Waals surface area (Å²) in [7, 11) is 0. The van der Waals surface area contributed by atoms with Gasteiger partial charge in [0.05, 0.1) is 0 Å². The highest BCUT2D eigenvalue weighted by molar-refractivity contribution is 9.09. The van der Waals surface area contributed by atoms with Gasteiger partial charge in [-0.2, -0.15) is 0 Å². The van der Waals surface area contributed by atoms with Gasteiger partial charge in [-0.15, -0.1) is 0 Å². The van der Waals surface area contributed by atoms with Gasteiger partial charge in [0.1, 0.15) is 0 Å². The number of halogens is 1. The Kier molecular flexibility index (Phi) is 11.3. The second kappa shape index (κ2) is 11.2. The zero-order valence-electron chi connectivity index (χ0n) is 7.64. The van der Waals surface area contributed by atoms with E-state index in [0.29, 0.717) is 0 Å². The summed E-state index contributed by atoms with van der Waals surface area (Å²) in [5, 5.41) is 9.61. The molecule has 0 saturated carbocycles. The molecule has 0 atom stereocenters. The quantitative estimate of drug-likeness (QED) is 0.389. The predicted octanol–water partition coefficient (Wildman–Crippen LogP) is 3.27. The Morgan fingerprint density at radius 1 is 0.917 bits per heavy atom.